The lowest BCUT2D eigenvalue weighted by Gasteiger charge is -2.28. The summed E-state index contributed by atoms with van der Waals surface area (Å²) in [5.41, 5.74) is 2.56. The van der Waals surface area contributed by atoms with E-state index in [9.17, 15) is 9.59 Å². The first-order valence-electron chi connectivity index (χ1n) is 11.3. The molecule has 3 rings (SSSR count). The van der Waals surface area contributed by atoms with Gasteiger partial charge in [0.1, 0.15) is 11.5 Å². The lowest BCUT2D eigenvalue weighted by Crippen LogP contribution is -2.36. The SMILES string of the molecule is CC(C)N(Cc1ccc(-c2ccco2)cc1)C(=O)c1ccccc1OCCCCCC(=O)O. The van der Waals surface area contributed by atoms with Gasteiger partial charge in [-0.05, 0) is 62.9 Å². The predicted octanol–water partition coefficient (Wildman–Crippen LogP) is 6.02. The molecule has 3 aromatic rings. The second-order valence-electron chi connectivity index (χ2n) is 8.25. The Kier molecular flexibility index (Phi) is 8.70. The van der Waals surface area contributed by atoms with Crippen molar-refractivity contribution in [3.8, 4) is 17.1 Å². The van der Waals surface area contributed by atoms with Crippen molar-refractivity contribution < 1.29 is 23.8 Å². The highest BCUT2D eigenvalue weighted by atomic mass is 16.5. The van der Waals surface area contributed by atoms with Crippen molar-refractivity contribution in [1.29, 1.82) is 0 Å². The van der Waals surface area contributed by atoms with Crippen LogP contribution in [0.5, 0.6) is 5.75 Å². The number of aliphatic carboxylic acids is 1. The first-order valence-corrected chi connectivity index (χ1v) is 11.3. The molecule has 33 heavy (non-hydrogen) atoms. The van der Waals surface area contributed by atoms with Crippen molar-refractivity contribution in [2.24, 2.45) is 0 Å². The molecule has 174 valence electrons. The fourth-order valence-electron chi connectivity index (χ4n) is 3.56. The Morgan fingerprint density at radius 3 is 2.39 bits per heavy atom. The molecule has 6 nitrogen and oxygen atoms in total. The van der Waals surface area contributed by atoms with Gasteiger partial charge in [0.2, 0.25) is 0 Å². The number of furan rings is 1. The number of unbranched alkanes of at least 4 members (excludes halogenated alkanes) is 2. The lowest BCUT2D eigenvalue weighted by atomic mass is 10.1. The minimum absolute atomic E-state index is 0.00586. The van der Waals surface area contributed by atoms with Crippen molar-refractivity contribution >= 4 is 11.9 Å². The number of hydrogen-bond donors (Lipinski definition) is 1. The van der Waals surface area contributed by atoms with E-state index in [1.54, 1.807) is 18.4 Å². The summed E-state index contributed by atoms with van der Waals surface area (Å²) in [6.45, 7) is 4.93. The third-order valence-electron chi connectivity index (χ3n) is 5.41. The highest BCUT2D eigenvalue weighted by Gasteiger charge is 2.22. The minimum atomic E-state index is -0.781. The average molecular weight is 450 g/mol. The Balaban J connectivity index is 1.65. The lowest BCUT2D eigenvalue weighted by molar-refractivity contribution is -0.137. The fourth-order valence-corrected chi connectivity index (χ4v) is 3.56. The van der Waals surface area contributed by atoms with Gasteiger partial charge in [0.05, 0.1) is 18.4 Å². The molecule has 2 aromatic carbocycles. The van der Waals surface area contributed by atoms with Crippen LogP contribution in [-0.2, 0) is 11.3 Å². The van der Waals surface area contributed by atoms with E-state index in [2.05, 4.69) is 0 Å². The Morgan fingerprint density at radius 1 is 0.970 bits per heavy atom. The van der Waals surface area contributed by atoms with Crippen LogP contribution in [0, 0.1) is 0 Å². The van der Waals surface area contributed by atoms with Crippen molar-refractivity contribution in [3.63, 3.8) is 0 Å². The van der Waals surface area contributed by atoms with E-state index in [0.717, 1.165) is 29.7 Å². The number of benzene rings is 2. The second kappa shape index (κ2) is 11.9. The van der Waals surface area contributed by atoms with Crippen molar-refractivity contribution in [1.82, 2.24) is 4.90 Å². The largest absolute Gasteiger partial charge is 0.493 e. The van der Waals surface area contributed by atoms with E-state index in [4.69, 9.17) is 14.3 Å². The number of carboxylic acid groups (broad SMARTS) is 1. The summed E-state index contributed by atoms with van der Waals surface area (Å²) in [5, 5.41) is 8.73. The number of hydrogen-bond acceptors (Lipinski definition) is 4. The van der Waals surface area contributed by atoms with Crippen LogP contribution in [0.3, 0.4) is 0 Å². The molecule has 0 bridgehead atoms. The van der Waals surface area contributed by atoms with E-state index >= 15 is 0 Å². The molecule has 0 saturated carbocycles. The normalized spacial score (nSPS) is 10.9. The molecule has 1 heterocycles. The van der Waals surface area contributed by atoms with Crippen molar-refractivity contribution in [2.45, 2.75) is 52.1 Å². The monoisotopic (exact) mass is 449 g/mol. The zero-order chi connectivity index (χ0) is 23.6. The molecule has 0 aliphatic carbocycles. The summed E-state index contributed by atoms with van der Waals surface area (Å²) >= 11 is 0. The number of nitrogens with zero attached hydrogens (tertiary/aromatic N) is 1. The summed E-state index contributed by atoms with van der Waals surface area (Å²) < 4.78 is 11.3. The fraction of sp³-hybridized carbons (Fsp3) is 0.333. The van der Waals surface area contributed by atoms with Crippen LogP contribution in [0.15, 0.2) is 71.3 Å². The van der Waals surface area contributed by atoms with E-state index in [0.29, 0.717) is 30.9 Å². The van der Waals surface area contributed by atoms with Crippen LogP contribution in [0.2, 0.25) is 0 Å². The maximum Gasteiger partial charge on any atom is 0.303 e. The topological polar surface area (TPSA) is 80.0 Å². The molecule has 0 radical (unpaired) electrons. The summed E-state index contributed by atoms with van der Waals surface area (Å²) in [4.78, 5) is 25.9. The Morgan fingerprint density at radius 2 is 1.73 bits per heavy atom. The molecule has 0 saturated heterocycles. The Hall–Kier alpha value is -3.54. The Labute approximate surface area is 194 Å². The first kappa shape index (κ1) is 24.1. The molecule has 1 aromatic heterocycles. The number of amides is 1. The van der Waals surface area contributed by atoms with Crippen LogP contribution in [-0.4, -0.2) is 34.5 Å². The highest BCUT2D eigenvalue weighted by Crippen LogP contribution is 2.24. The molecule has 6 heteroatoms. The third kappa shape index (κ3) is 6.97. The molecular weight excluding hydrogens is 418 g/mol. The third-order valence-corrected chi connectivity index (χ3v) is 5.41. The number of carboxylic acids is 1. The quantitative estimate of drug-likeness (QED) is 0.342. The molecule has 0 atom stereocenters. The molecule has 1 N–H and O–H groups in total. The zero-order valence-corrected chi connectivity index (χ0v) is 19.2. The highest BCUT2D eigenvalue weighted by molar-refractivity contribution is 5.97. The molecule has 1 amide bonds. The Bertz CT molecular complexity index is 1020. The van der Waals surface area contributed by atoms with Gasteiger partial charge in [-0.1, -0.05) is 36.4 Å². The number of ether oxygens (including phenoxy) is 1. The van der Waals surface area contributed by atoms with E-state index in [1.807, 2.05) is 67.3 Å². The van der Waals surface area contributed by atoms with Crippen LogP contribution in [0.1, 0.15) is 55.5 Å². The predicted molar refractivity (Wildman–Crippen MR) is 127 cm³/mol. The minimum Gasteiger partial charge on any atom is -0.493 e. The summed E-state index contributed by atoms with van der Waals surface area (Å²) in [6.07, 6.45) is 3.96. The van der Waals surface area contributed by atoms with Gasteiger partial charge >= 0.3 is 5.97 Å². The summed E-state index contributed by atoms with van der Waals surface area (Å²) in [7, 11) is 0. The number of para-hydroxylation sites is 1. The molecular formula is C27H31NO5. The summed E-state index contributed by atoms with van der Waals surface area (Å²) in [5.74, 6) is 0.504. The number of carbonyl (C=O) groups excluding carboxylic acids is 1. The molecule has 0 aliphatic heterocycles. The second-order valence-corrected chi connectivity index (χ2v) is 8.25. The molecule has 0 unspecified atom stereocenters. The van der Waals surface area contributed by atoms with Crippen molar-refractivity contribution in [2.75, 3.05) is 6.61 Å². The maximum atomic E-state index is 13.4. The standard InChI is InChI=1S/C27H31NO5/c1-20(2)28(19-21-13-15-22(16-14-21)24-11-8-18-32-24)27(31)23-9-5-6-10-25(23)33-17-7-3-4-12-26(29)30/h5-6,8-11,13-16,18,20H,3-4,7,12,17,19H2,1-2H3,(H,29,30). The van der Waals surface area contributed by atoms with Gasteiger partial charge in [-0.25, -0.2) is 0 Å². The van der Waals surface area contributed by atoms with Gasteiger partial charge in [0, 0.05) is 24.6 Å². The van der Waals surface area contributed by atoms with Gasteiger partial charge in [-0.3, -0.25) is 9.59 Å². The summed E-state index contributed by atoms with van der Waals surface area (Å²) in [6, 6.07) is 19.1. The van der Waals surface area contributed by atoms with Crippen LogP contribution >= 0.6 is 0 Å². The van der Waals surface area contributed by atoms with Crippen LogP contribution in [0.4, 0.5) is 0 Å². The van der Waals surface area contributed by atoms with Gasteiger partial charge in [0.15, 0.2) is 0 Å². The maximum absolute atomic E-state index is 13.4. The van der Waals surface area contributed by atoms with E-state index in [1.165, 1.54) is 0 Å². The molecule has 0 spiro atoms. The zero-order valence-electron chi connectivity index (χ0n) is 19.2. The first-order chi connectivity index (χ1) is 16.0. The van der Waals surface area contributed by atoms with Gasteiger partial charge in [-0.2, -0.15) is 0 Å². The smallest absolute Gasteiger partial charge is 0.303 e. The molecule has 0 aliphatic rings. The van der Waals surface area contributed by atoms with Gasteiger partial charge in [0.25, 0.3) is 5.91 Å². The van der Waals surface area contributed by atoms with Gasteiger partial charge in [-0.15, -0.1) is 0 Å². The number of rotatable bonds is 12. The number of carbonyl (C=O) groups is 2. The van der Waals surface area contributed by atoms with Crippen LogP contribution in [0.25, 0.3) is 11.3 Å². The van der Waals surface area contributed by atoms with Crippen LogP contribution < -0.4 is 4.74 Å². The average Bonchev–Trinajstić information content (AvgIpc) is 3.34. The van der Waals surface area contributed by atoms with Gasteiger partial charge < -0.3 is 19.2 Å². The van der Waals surface area contributed by atoms with E-state index < -0.39 is 5.97 Å². The molecule has 0 fully saturated rings. The van der Waals surface area contributed by atoms with Crippen molar-refractivity contribution in [3.05, 3.63) is 78.1 Å². The van der Waals surface area contributed by atoms with E-state index in [-0.39, 0.29) is 18.4 Å².